The average Bonchev–Trinajstić information content (AvgIpc) is 2.90. The van der Waals surface area contributed by atoms with Gasteiger partial charge >= 0.3 is 0 Å². The number of nitrogens with one attached hydrogen (secondary N) is 1. The first kappa shape index (κ1) is 18.6. The van der Waals surface area contributed by atoms with Gasteiger partial charge in [0.05, 0.1) is 11.5 Å². The molecule has 134 valence electrons. The van der Waals surface area contributed by atoms with Crippen molar-refractivity contribution in [2.75, 3.05) is 43.7 Å². The highest BCUT2D eigenvalue weighted by molar-refractivity contribution is 7.91. The summed E-state index contributed by atoms with van der Waals surface area (Å²) in [7, 11) is 0.386. The number of rotatable bonds is 7. The molecule has 1 N–H and O–H groups in total. The van der Waals surface area contributed by atoms with Gasteiger partial charge in [-0.1, -0.05) is 0 Å². The Balaban J connectivity index is 2.09. The summed E-state index contributed by atoms with van der Waals surface area (Å²) in [4.78, 5) is 22.6. The maximum Gasteiger partial charge on any atom is 0.270 e. The Bertz CT molecular complexity index is 693. The van der Waals surface area contributed by atoms with Crippen molar-refractivity contribution in [2.24, 2.45) is 0 Å². The number of carbonyl (C=O) groups excluding carboxylic acids is 1. The fraction of sp³-hybridized carbons (Fsp3) is 0.667. The highest BCUT2D eigenvalue weighted by Crippen LogP contribution is 2.20. The third-order valence-corrected chi connectivity index (χ3v) is 5.71. The van der Waals surface area contributed by atoms with Crippen LogP contribution in [0.4, 0.5) is 5.95 Å². The highest BCUT2D eigenvalue weighted by Gasteiger charge is 2.32. The van der Waals surface area contributed by atoms with Crippen LogP contribution in [0.5, 0.6) is 0 Å². The average molecular weight is 356 g/mol. The van der Waals surface area contributed by atoms with Crippen LogP contribution in [0.25, 0.3) is 0 Å². The Morgan fingerprint density at radius 2 is 2.21 bits per heavy atom. The largest absolute Gasteiger partial charge is 0.385 e. The minimum atomic E-state index is -2.99. The van der Waals surface area contributed by atoms with Gasteiger partial charge in [-0.25, -0.2) is 18.4 Å². The van der Waals surface area contributed by atoms with Crippen LogP contribution in [-0.4, -0.2) is 69.1 Å². The van der Waals surface area contributed by atoms with E-state index in [1.54, 1.807) is 32.0 Å². The number of ether oxygens (including phenoxy) is 1. The molecule has 1 atom stereocenters. The number of hydrogen-bond acceptors (Lipinski definition) is 7. The van der Waals surface area contributed by atoms with Gasteiger partial charge in [0.15, 0.2) is 9.84 Å². The van der Waals surface area contributed by atoms with Gasteiger partial charge in [0.25, 0.3) is 5.91 Å². The number of carbonyl (C=O) groups is 1. The quantitative estimate of drug-likeness (QED) is 0.695. The van der Waals surface area contributed by atoms with Gasteiger partial charge in [-0.05, 0) is 25.8 Å². The standard InChI is InChI=1S/C15H24N4O4S/c1-11-9-13(14(20)16-6-4-7-23-3)18-15(17-11)19(2)12-5-8-24(21,22)10-12/h9,12H,4-8,10H2,1-3H3,(H,16,20). The first-order valence-corrected chi connectivity index (χ1v) is 9.70. The minimum Gasteiger partial charge on any atom is -0.385 e. The third kappa shape index (κ3) is 4.88. The van der Waals surface area contributed by atoms with Crippen molar-refractivity contribution in [3.05, 3.63) is 17.5 Å². The van der Waals surface area contributed by atoms with Crippen molar-refractivity contribution in [3.8, 4) is 0 Å². The normalized spacial score (nSPS) is 19.2. The van der Waals surface area contributed by atoms with E-state index in [1.807, 2.05) is 0 Å². The molecule has 1 aromatic rings. The molecule has 1 fully saturated rings. The smallest absolute Gasteiger partial charge is 0.270 e. The first-order valence-electron chi connectivity index (χ1n) is 7.88. The predicted octanol–water partition coefficient (Wildman–Crippen LogP) is 0.175. The number of hydrogen-bond donors (Lipinski definition) is 1. The Labute approximate surface area is 142 Å². The van der Waals surface area contributed by atoms with Crippen LogP contribution in [-0.2, 0) is 14.6 Å². The van der Waals surface area contributed by atoms with Crippen molar-refractivity contribution < 1.29 is 17.9 Å². The molecular formula is C15H24N4O4S. The molecule has 1 aromatic heterocycles. The summed E-state index contributed by atoms with van der Waals surface area (Å²) >= 11 is 0. The van der Waals surface area contributed by atoms with Crippen molar-refractivity contribution >= 4 is 21.7 Å². The fourth-order valence-electron chi connectivity index (χ4n) is 2.58. The lowest BCUT2D eigenvalue weighted by molar-refractivity contribution is 0.0943. The van der Waals surface area contributed by atoms with Crippen LogP contribution in [0.2, 0.25) is 0 Å². The maximum atomic E-state index is 12.2. The van der Waals surface area contributed by atoms with Crippen LogP contribution in [0, 0.1) is 6.92 Å². The summed E-state index contributed by atoms with van der Waals surface area (Å²) in [6, 6.07) is 1.46. The van der Waals surface area contributed by atoms with E-state index in [4.69, 9.17) is 4.74 Å². The molecule has 2 rings (SSSR count). The Kier molecular flexibility index (Phi) is 6.11. The van der Waals surface area contributed by atoms with E-state index in [1.165, 1.54) is 0 Å². The van der Waals surface area contributed by atoms with Crippen molar-refractivity contribution in [2.45, 2.75) is 25.8 Å². The minimum absolute atomic E-state index is 0.0966. The van der Waals surface area contributed by atoms with Crippen LogP contribution >= 0.6 is 0 Å². The number of sulfone groups is 1. The van der Waals surface area contributed by atoms with Gasteiger partial charge in [0.2, 0.25) is 5.95 Å². The second-order valence-electron chi connectivity index (χ2n) is 5.96. The van der Waals surface area contributed by atoms with E-state index < -0.39 is 9.84 Å². The molecule has 0 radical (unpaired) electrons. The summed E-state index contributed by atoms with van der Waals surface area (Å²) in [5, 5.41) is 2.79. The second kappa shape index (κ2) is 7.89. The van der Waals surface area contributed by atoms with Gasteiger partial charge in [-0.15, -0.1) is 0 Å². The molecule has 0 aliphatic carbocycles. The maximum absolute atomic E-state index is 12.2. The molecule has 0 aromatic carbocycles. The zero-order chi connectivity index (χ0) is 17.7. The first-order chi connectivity index (χ1) is 11.3. The van der Waals surface area contributed by atoms with Gasteiger partial charge < -0.3 is 15.0 Å². The molecule has 24 heavy (non-hydrogen) atoms. The Morgan fingerprint density at radius 1 is 1.46 bits per heavy atom. The highest BCUT2D eigenvalue weighted by atomic mass is 32.2. The van der Waals surface area contributed by atoms with E-state index in [-0.39, 0.29) is 29.1 Å². The molecule has 1 saturated heterocycles. The van der Waals surface area contributed by atoms with E-state index in [0.717, 1.165) is 6.42 Å². The number of aromatic nitrogens is 2. The topological polar surface area (TPSA) is 101 Å². The summed E-state index contributed by atoms with van der Waals surface area (Å²) in [5.74, 6) is 0.379. The molecule has 2 heterocycles. The molecule has 1 unspecified atom stereocenters. The molecule has 1 aliphatic rings. The van der Waals surface area contributed by atoms with Crippen LogP contribution in [0.1, 0.15) is 29.0 Å². The van der Waals surface area contributed by atoms with E-state index >= 15 is 0 Å². The van der Waals surface area contributed by atoms with Gasteiger partial charge in [-0.2, -0.15) is 0 Å². The molecule has 0 spiro atoms. The van der Waals surface area contributed by atoms with Crippen molar-refractivity contribution in [1.29, 1.82) is 0 Å². The molecule has 1 amide bonds. The summed E-state index contributed by atoms with van der Waals surface area (Å²) < 4.78 is 28.2. The monoisotopic (exact) mass is 356 g/mol. The SMILES string of the molecule is COCCCNC(=O)c1cc(C)nc(N(C)C2CCS(=O)(=O)C2)n1. The van der Waals surface area contributed by atoms with Gasteiger partial charge in [0, 0.05) is 39.0 Å². The predicted molar refractivity (Wildman–Crippen MR) is 91.1 cm³/mol. The lowest BCUT2D eigenvalue weighted by atomic mass is 10.2. The van der Waals surface area contributed by atoms with Gasteiger partial charge in [0.1, 0.15) is 5.69 Å². The van der Waals surface area contributed by atoms with E-state index in [0.29, 0.717) is 31.2 Å². The summed E-state index contributed by atoms with van der Waals surface area (Å²) in [6.07, 6.45) is 1.27. The molecular weight excluding hydrogens is 332 g/mol. The lowest BCUT2D eigenvalue weighted by Crippen LogP contribution is -2.35. The number of methoxy groups -OCH3 is 1. The van der Waals surface area contributed by atoms with Crippen molar-refractivity contribution in [1.82, 2.24) is 15.3 Å². The van der Waals surface area contributed by atoms with E-state index in [2.05, 4.69) is 15.3 Å². The third-order valence-electron chi connectivity index (χ3n) is 3.96. The summed E-state index contributed by atoms with van der Waals surface area (Å²) in [6.45, 7) is 2.86. The molecule has 9 heteroatoms. The van der Waals surface area contributed by atoms with Crippen LogP contribution in [0.15, 0.2) is 6.07 Å². The fourth-order valence-corrected chi connectivity index (χ4v) is 4.35. The second-order valence-corrected chi connectivity index (χ2v) is 8.19. The number of anilines is 1. The number of amides is 1. The zero-order valence-corrected chi connectivity index (χ0v) is 15.1. The Hall–Kier alpha value is -1.74. The molecule has 0 bridgehead atoms. The molecule has 1 aliphatic heterocycles. The molecule has 0 saturated carbocycles. The summed E-state index contributed by atoms with van der Waals surface area (Å²) in [5.41, 5.74) is 0.942. The van der Waals surface area contributed by atoms with Crippen molar-refractivity contribution in [3.63, 3.8) is 0 Å². The van der Waals surface area contributed by atoms with Crippen LogP contribution < -0.4 is 10.2 Å². The molecule has 8 nitrogen and oxygen atoms in total. The zero-order valence-electron chi connectivity index (χ0n) is 14.3. The number of aryl methyl sites for hydroxylation is 1. The van der Waals surface area contributed by atoms with Crippen LogP contribution in [0.3, 0.4) is 0 Å². The number of nitrogens with zero attached hydrogens (tertiary/aromatic N) is 3. The van der Waals surface area contributed by atoms with Gasteiger partial charge in [-0.3, -0.25) is 4.79 Å². The lowest BCUT2D eigenvalue weighted by Gasteiger charge is -2.23. The Morgan fingerprint density at radius 3 is 2.83 bits per heavy atom. The van der Waals surface area contributed by atoms with E-state index in [9.17, 15) is 13.2 Å².